The summed E-state index contributed by atoms with van der Waals surface area (Å²) in [6.07, 6.45) is 5.00. The Labute approximate surface area is 115 Å². The summed E-state index contributed by atoms with van der Waals surface area (Å²) < 4.78 is 5.75. The molecule has 1 aromatic rings. The molecule has 1 unspecified atom stereocenters. The van der Waals surface area contributed by atoms with Gasteiger partial charge in [-0.3, -0.25) is 4.90 Å². The van der Waals surface area contributed by atoms with Crippen LogP contribution < -0.4 is 10.5 Å². The van der Waals surface area contributed by atoms with Gasteiger partial charge in [-0.2, -0.15) is 0 Å². The number of nitrogens with zero attached hydrogens (tertiary/aromatic N) is 1. The van der Waals surface area contributed by atoms with Crippen LogP contribution >= 0.6 is 0 Å². The van der Waals surface area contributed by atoms with Crippen LogP contribution in [-0.4, -0.2) is 37.2 Å². The second kappa shape index (κ2) is 5.93. The van der Waals surface area contributed by atoms with Crippen LogP contribution in [-0.2, 0) is 0 Å². The standard InChI is InChI=1S/C16H24N2O/c17-9-3-10-18(14-6-7-14)12-13-8-11-19-16-5-2-1-4-15(13)16/h1-2,4-5,13-14H,3,6-12,17H2. The maximum absolute atomic E-state index is 5.75. The van der Waals surface area contributed by atoms with E-state index in [4.69, 9.17) is 10.5 Å². The van der Waals surface area contributed by atoms with Crippen molar-refractivity contribution >= 4 is 0 Å². The van der Waals surface area contributed by atoms with Crippen LogP contribution in [0.2, 0.25) is 0 Å². The molecule has 3 rings (SSSR count). The number of rotatable bonds is 6. The van der Waals surface area contributed by atoms with Gasteiger partial charge in [-0.15, -0.1) is 0 Å². The van der Waals surface area contributed by atoms with Gasteiger partial charge in [0.2, 0.25) is 0 Å². The Kier molecular flexibility index (Phi) is 4.04. The lowest BCUT2D eigenvalue weighted by molar-refractivity contribution is 0.204. The van der Waals surface area contributed by atoms with E-state index in [1.165, 1.54) is 24.9 Å². The van der Waals surface area contributed by atoms with Crippen molar-refractivity contribution in [1.29, 1.82) is 0 Å². The van der Waals surface area contributed by atoms with E-state index in [0.717, 1.165) is 44.3 Å². The molecule has 1 aliphatic heterocycles. The third-order valence-corrected chi connectivity index (χ3v) is 4.25. The summed E-state index contributed by atoms with van der Waals surface area (Å²) in [5.41, 5.74) is 7.06. The summed E-state index contributed by atoms with van der Waals surface area (Å²) in [5.74, 6) is 1.72. The quantitative estimate of drug-likeness (QED) is 0.853. The van der Waals surface area contributed by atoms with Crippen molar-refractivity contribution < 1.29 is 4.74 Å². The summed E-state index contributed by atoms with van der Waals surface area (Å²) in [4.78, 5) is 2.65. The van der Waals surface area contributed by atoms with Crippen molar-refractivity contribution in [1.82, 2.24) is 4.90 Å². The minimum Gasteiger partial charge on any atom is -0.493 e. The van der Waals surface area contributed by atoms with Crippen LogP contribution in [0.1, 0.15) is 37.2 Å². The summed E-state index contributed by atoms with van der Waals surface area (Å²) in [6, 6.07) is 9.34. The molecule has 1 atom stereocenters. The van der Waals surface area contributed by atoms with E-state index in [1.54, 1.807) is 0 Å². The molecule has 104 valence electrons. The fourth-order valence-electron chi connectivity index (χ4n) is 3.05. The number of hydrogen-bond acceptors (Lipinski definition) is 3. The molecular formula is C16H24N2O. The number of hydrogen-bond donors (Lipinski definition) is 1. The summed E-state index contributed by atoms with van der Waals surface area (Å²) in [6.45, 7) is 3.98. The molecule has 0 bridgehead atoms. The molecule has 2 aliphatic rings. The van der Waals surface area contributed by atoms with Crippen LogP contribution in [0.25, 0.3) is 0 Å². The molecule has 3 heteroatoms. The van der Waals surface area contributed by atoms with E-state index in [0.29, 0.717) is 5.92 Å². The monoisotopic (exact) mass is 260 g/mol. The zero-order valence-corrected chi connectivity index (χ0v) is 11.6. The van der Waals surface area contributed by atoms with E-state index < -0.39 is 0 Å². The third kappa shape index (κ3) is 3.10. The minimum atomic E-state index is 0.628. The van der Waals surface area contributed by atoms with Gasteiger partial charge in [-0.1, -0.05) is 18.2 Å². The average Bonchev–Trinajstić information content (AvgIpc) is 3.28. The van der Waals surface area contributed by atoms with Gasteiger partial charge < -0.3 is 10.5 Å². The van der Waals surface area contributed by atoms with Crippen molar-refractivity contribution in [3.8, 4) is 5.75 Å². The first-order chi connectivity index (χ1) is 9.38. The van der Waals surface area contributed by atoms with E-state index in [-0.39, 0.29) is 0 Å². The normalized spacial score (nSPS) is 22.1. The van der Waals surface area contributed by atoms with E-state index in [9.17, 15) is 0 Å². The zero-order valence-electron chi connectivity index (χ0n) is 11.6. The van der Waals surface area contributed by atoms with Gasteiger partial charge in [-0.25, -0.2) is 0 Å². The van der Waals surface area contributed by atoms with E-state index in [1.807, 2.05) is 0 Å². The summed E-state index contributed by atoms with van der Waals surface area (Å²) in [5, 5.41) is 0. The molecule has 1 aliphatic carbocycles. The Morgan fingerprint density at radius 3 is 2.84 bits per heavy atom. The van der Waals surface area contributed by atoms with Crippen LogP contribution in [0, 0.1) is 0 Å². The molecule has 2 N–H and O–H groups in total. The number of para-hydroxylation sites is 1. The number of fused-ring (bicyclic) bond motifs is 1. The molecule has 1 aromatic carbocycles. The Morgan fingerprint density at radius 2 is 2.05 bits per heavy atom. The van der Waals surface area contributed by atoms with Crippen molar-refractivity contribution in [2.24, 2.45) is 5.73 Å². The highest BCUT2D eigenvalue weighted by Gasteiger charge is 2.31. The molecule has 0 aromatic heterocycles. The second-order valence-corrected chi connectivity index (χ2v) is 5.74. The van der Waals surface area contributed by atoms with Crippen molar-refractivity contribution in [2.75, 3.05) is 26.2 Å². The lowest BCUT2D eigenvalue weighted by atomic mass is 9.92. The number of nitrogens with two attached hydrogens (primary N) is 1. The Bertz CT molecular complexity index is 417. The zero-order chi connectivity index (χ0) is 13.1. The molecule has 0 spiro atoms. The molecular weight excluding hydrogens is 236 g/mol. The Hall–Kier alpha value is -1.06. The van der Waals surface area contributed by atoms with E-state index in [2.05, 4.69) is 29.2 Å². The molecule has 1 fully saturated rings. The van der Waals surface area contributed by atoms with Gasteiger partial charge in [0, 0.05) is 18.5 Å². The molecule has 0 amide bonds. The minimum absolute atomic E-state index is 0.628. The lowest BCUT2D eigenvalue weighted by Crippen LogP contribution is -2.34. The highest BCUT2D eigenvalue weighted by molar-refractivity contribution is 5.38. The van der Waals surface area contributed by atoms with Gasteiger partial charge in [0.05, 0.1) is 6.61 Å². The van der Waals surface area contributed by atoms with Crippen molar-refractivity contribution in [3.63, 3.8) is 0 Å². The van der Waals surface area contributed by atoms with Crippen LogP contribution in [0.5, 0.6) is 5.75 Å². The second-order valence-electron chi connectivity index (χ2n) is 5.74. The number of ether oxygens (including phenoxy) is 1. The fraction of sp³-hybridized carbons (Fsp3) is 0.625. The molecule has 19 heavy (non-hydrogen) atoms. The van der Waals surface area contributed by atoms with Crippen molar-refractivity contribution in [2.45, 2.75) is 37.6 Å². The van der Waals surface area contributed by atoms with Crippen molar-refractivity contribution in [3.05, 3.63) is 29.8 Å². The summed E-state index contributed by atoms with van der Waals surface area (Å²) >= 11 is 0. The van der Waals surface area contributed by atoms with E-state index >= 15 is 0 Å². The highest BCUT2D eigenvalue weighted by Crippen LogP contribution is 2.36. The predicted molar refractivity (Wildman–Crippen MR) is 77.6 cm³/mol. The van der Waals surface area contributed by atoms with Gasteiger partial charge in [0.1, 0.15) is 5.75 Å². The molecule has 1 heterocycles. The fourth-order valence-corrected chi connectivity index (χ4v) is 3.05. The first kappa shape index (κ1) is 12.9. The predicted octanol–water partition coefficient (Wildman–Crippen LogP) is 2.37. The van der Waals surface area contributed by atoms with Crippen LogP contribution in [0.15, 0.2) is 24.3 Å². The maximum atomic E-state index is 5.75. The van der Waals surface area contributed by atoms with Crippen LogP contribution in [0.4, 0.5) is 0 Å². The van der Waals surface area contributed by atoms with Gasteiger partial charge in [0.15, 0.2) is 0 Å². The molecule has 3 nitrogen and oxygen atoms in total. The van der Waals surface area contributed by atoms with Crippen LogP contribution in [0.3, 0.4) is 0 Å². The average molecular weight is 260 g/mol. The Morgan fingerprint density at radius 1 is 1.21 bits per heavy atom. The third-order valence-electron chi connectivity index (χ3n) is 4.25. The summed E-state index contributed by atoms with van der Waals surface area (Å²) in [7, 11) is 0. The van der Waals surface area contributed by atoms with Gasteiger partial charge in [-0.05, 0) is 50.4 Å². The smallest absolute Gasteiger partial charge is 0.122 e. The molecule has 0 saturated heterocycles. The SMILES string of the molecule is NCCCN(CC1CCOc2ccccc21)C1CC1. The molecule has 1 saturated carbocycles. The number of benzene rings is 1. The maximum Gasteiger partial charge on any atom is 0.122 e. The largest absolute Gasteiger partial charge is 0.493 e. The van der Waals surface area contributed by atoms with Gasteiger partial charge in [0.25, 0.3) is 0 Å². The van der Waals surface area contributed by atoms with Gasteiger partial charge >= 0.3 is 0 Å². The highest BCUT2D eigenvalue weighted by atomic mass is 16.5. The first-order valence-electron chi connectivity index (χ1n) is 7.54. The molecule has 0 radical (unpaired) electrons. The lowest BCUT2D eigenvalue weighted by Gasteiger charge is -2.31. The first-order valence-corrected chi connectivity index (χ1v) is 7.54. The Balaban J connectivity index is 1.68. The topological polar surface area (TPSA) is 38.5 Å².